The highest BCUT2D eigenvalue weighted by molar-refractivity contribution is 8.13. The van der Waals surface area contributed by atoms with Gasteiger partial charge in [-0.25, -0.2) is 4.98 Å². The Hall–Kier alpha value is -2.44. The van der Waals surface area contributed by atoms with Crippen molar-refractivity contribution in [2.75, 3.05) is 11.1 Å². The van der Waals surface area contributed by atoms with E-state index in [-0.39, 0.29) is 16.9 Å². The summed E-state index contributed by atoms with van der Waals surface area (Å²) in [6.45, 7) is 2.01. The van der Waals surface area contributed by atoms with Crippen LogP contribution < -0.4 is 5.32 Å². The van der Waals surface area contributed by atoms with E-state index in [4.69, 9.17) is 0 Å². The SMILES string of the molecule is C[C@@H](Cc1ccccc1)C(=O)SCCCCCCC(=O)Nc1nc(-c2ccccc2)cs1. The van der Waals surface area contributed by atoms with E-state index in [1.807, 2.05) is 60.8 Å². The summed E-state index contributed by atoms with van der Waals surface area (Å²) in [4.78, 5) is 29.0. The first-order valence-corrected chi connectivity index (χ1v) is 13.0. The van der Waals surface area contributed by atoms with Gasteiger partial charge in [-0.3, -0.25) is 9.59 Å². The number of hydrogen-bond acceptors (Lipinski definition) is 5. The van der Waals surface area contributed by atoms with Gasteiger partial charge in [-0.15, -0.1) is 11.3 Å². The highest BCUT2D eigenvalue weighted by Crippen LogP contribution is 2.25. The second-order valence-electron chi connectivity index (χ2n) is 7.87. The molecule has 1 N–H and O–H groups in total. The maximum Gasteiger partial charge on any atom is 0.226 e. The fraction of sp³-hybridized carbons (Fsp3) is 0.346. The maximum atomic E-state index is 12.3. The summed E-state index contributed by atoms with van der Waals surface area (Å²) in [7, 11) is 0. The van der Waals surface area contributed by atoms with Crippen molar-refractivity contribution in [3.05, 3.63) is 71.6 Å². The molecule has 1 amide bonds. The van der Waals surface area contributed by atoms with Crippen LogP contribution >= 0.6 is 23.1 Å². The minimum Gasteiger partial charge on any atom is -0.302 e. The van der Waals surface area contributed by atoms with E-state index in [0.717, 1.165) is 49.1 Å². The fourth-order valence-electron chi connectivity index (χ4n) is 3.36. The van der Waals surface area contributed by atoms with E-state index in [1.54, 1.807) is 0 Å². The van der Waals surface area contributed by atoms with Gasteiger partial charge in [-0.2, -0.15) is 0 Å². The van der Waals surface area contributed by atoms with Crippen LogP contribution in [0.1, 0.15) is 44.6 Å². The van der Waals surface area contributed by atoms with Crippen molar-refractivity contribution in [2.24, 2.45) is 5.92 Å². The zero-order chi connectivity index (χ0) is 22.6. The number of hydrogen-bond donors (Lipinski definition) is 1. The first kappa shape index (κ1) is 24.2. The predicted octanol–water partition coefficient (Wildman–Crippen LogP) is 6.84. The zero-order valence-electron chi connectivity index (χ0n) is 18.5. The molecule has 6 heteroatoms. The number of benzene rings is 2. The van der Waals surface area contributed by atoms with Crippen molar-refractivity contribution in [3.8, 4) is 11.3 Å². The van der Waals surface area contributed by atoms with E-state index in [0.29, 0.717) is 11.6 Å². The van der Waals surface area contributed by atoms with Crippen LogP contribution in [0.25, 0.3) is 11.3 Å². The van der Waals surface area contributed by atoms with Crippen molar-refractivity contribution < 1.29 is 9.59 Å². The van der Waals surface area contributed by atoms with Crippen LogP contribution in [0.3, 0.4) is 0 Å². The molecule has 0 bridgehead atoms. The van der Waals surface area contributed by atoms with Crippen molar-refractivity contribution in [1.82, 2.24) is 4.98 Å². The Kier molecular flexibility index (Phi) is 9.98. The number of carbonyl (C=O) groups excluding carboxylic acids is 2. The minimum absolute atomic E-state index is 0.0123. The van der Waals surface area contributed by atoms with E-state index >= 15 is 0 Å². The monoisotopic (exact) mass is 466 g/mol. The van der Waals surface area contributed by atoms with Crippen molar-refractivity contribution in [3.63, 3.8) is 0 Å². The Labute approximate surface area is 198 Å². The Morgan fingerprint density at radius 2 is 1.66 bits per heavy atom. The van der Waals surface area contributed by atoms with Gasteiger partial charge in [-0.1, -0.05) is 92.2 Å². The molecule has 1 atom stereocenters. The van der Waals surface area contributed by atoms with Gasteiger partial charge in [0.05, 0.1) is 5.69 Å². The lowest BCUT2D eigenvalue weighted by atomic mass is 10.0. The van der Waals surface area contributed by atoms with Crippen LogP contribution in [0.15, 0.2) is 66.0 Å². The van der Waals surface area contributed by atoms with Gasteiger partial charge in [0, 0.05) is 29.0 Å². The van der Waals surface area contributed by atoms with Gasteiger partial charge >= 0.3 is 0 Å². The second kappa shape index (κ2) is 13.2. The van der Waals surface area contributed by atoms with Crippen LogP contribution in [-0.4, -0.2) is 21.8 Å². The number of thiazole rings is 1. The van der Waals surface area contributed by atoms with Crippen LogP contribution in [0, 0.1) is 5.92 Å². The first-order valence-electron chi connectivity index (χ1n) is 11.1. The van der Waals surface area contributed by atoms with Crippen molar-refractivity contribution >= 4 is 39.3 Å². The molecule has 4 nitrogen and oxygen atoms in total. The molecule has 0 spiro atoms. The topological polar surface area (TPSA) is 59.1 Å². The third-order valence-electron chi connectivity index (χ3n) is 5.15. The number of amides is 1. The Balaban J connectivity index is 1.24. The molecule has 3 rings (SSSR count). The van der Waals surface area contributed by atoms with Gasteiger partial charge in [0.25, 0.3) is 0 Å². The molecule has 0 saturated heterocycles. The molecule has 0 unspecified atom stereocenters. The molecular formula is C26H30N2O2S2. The minimum atomic E-state index is 0.0123. The zero-order valence-corrected chi connectivity index (χ0v) is 20.1. The fourth-order valence-corrected chi connectivity index (χ4v) is 5.01. The van der Waals surface area contributed by atoms with E-state index < -0.39 is 0 Å². The smallest absolute Gasteiger partial charge is 0.226 e. The van der Waals surface area contributed by atoms with Gasteiger partial charge in [0.15, 0.2) is 10.2 Å². The first-order chi connectivity index (χ1) is 15.6. The molecule has 2 aromatic carbocycles. The third kappa shape index (κ3) is 8.24. The number of rotatable bonds is 12. The summed E-state index contributed by atoms with van der Waals surface area (Å²) in [6.07, 6.45) is 5.19. The summed E-state index contributed by atoms with van der Waals surface area (Å²) in [5.74, 6) is 0.906. The highest BCUT2D eigenvalue weighted by Gasteiger charge is 2.14. The molecule has 32 heavy (non-hydrogen) atoms. The number of unbranched alkanes of at least 4 members (excludes halogenated alkanes) is 3. The molecule has 1 heterocycles. The molecule has 0 aliphatic heterocycles. The molecule has 3 aromatic rings. The average molecular weight is 467 g/mol. The number of thioether (sulfide) groups is 1. The summed E-state index contributed by atoms with van der Waals surface area (Å²) in [6, 6.07) is 20.1. The molecule has 0 fully saturated rings. The standard InChI is InChI=1S/C26H30N2O2S2/c1-20(18-21-12-6-4-7-13-21)25(30)31-17-11-3-2-10-16-24(29)28-26-27-23(19-32-26)22-14-8-5-9-15-22/h4-9,12-15,19-20H,2-3,10-11,16-18H2,1H3,(H,27,28,29)/t20-/m0/s1. The summed E-state index contributed by atoms with van der Waals surface area (Å²) >= 11 is 2.90. The predicted molar refractivity (Wildman–Crippen MR) is 136 cm³/mol. The lowest BCUT2D eigenvalue weighted by Gasteiger charge is -2.10. The summed E-state index contributed by atoms with van der Waals surface area (Å²) < 4.78 is 0. The normalized spacial score (nSPS) is 11.8. The molecule has 0 saturated carbocycles. The number of anilines is 1. The number of aromatic nitrogens is 1. The van der Waals surface area contributed by atoms with Gasteiger partial charge in [-0.05, 0) is 24.8 Å². The van der Waals surface area contributed by atoms with Gasteiger partial charge < -0.3 is 5.32 Å². The molecule has 1 aromatic heterocycles. The highest BCUT2D eigenvalue weighted by atomic mass is 32.2. The van der Waals surface area contributed by atoms with E-state index in [2.05, 4.69) is 22.4 Å². The van der Waals surface area contributed by atoms with Crippen molar-refractivity contribution in [1.29, 1.82) is 0 Å². The van der Waals surface area contributed by atoms with Crippen LogP contribution in [-0.2, 0) is 16.0 Å². The summed E-state index contributed by atoms with van der Waals surface area (Å²) in [5, 5.41) is 5.78. The van der Waals surface area contributed by atoms with Crippen LogP contribution in [0.5, 0.6) is 0 Å². The second-order valence-corrected chi connectivity index (χ2v) is 9.83. The maximum absolute atomic E-state index is 12.3. The number of nitrogens with zero attached hydrogens (tertiary/aromatic N) is 1. The molecule has 168 valence electrons. The van der Waals surface area contributed by atoms with E-state index in [9.17, 15) is 9.59 Å². The molecule has 0 aliphatic rings. The van der Waals surface area contributed by atoms with Gasteiger partial charge in [0.1, 0.15) is 0 Å². The number of carbonyl (C=O) groups is 2. The van der Waals surface area contributed by atoms with E-state index in [1.165, 1.54) is 28.7 Å². The third-order valence-corrected chi connectivity index (χ3v) is 7.09. The van der Waals surface area contributed by atoms with Crippen molar-refractivity contribution in [2.45, 2.75) is 45.4 Å². The summed E-state index contributed by atoms with van der Waals surface area (Å²) in [5.41, 5.74) is 3.15. The molecule has 0 aliphatic carbocycles. The average Bonchev–Trinajstić information content (AvgIpc) is 3.28. The molecular weight excluding hydrogens is 436 g/mol. The van der Waals surface area contributed by atoms with Crippen LogP contribution in [0.4, 0.5) is 5.13 Å². The lowest BCUT2D eigenvalue weighted by Crippen LogP contribution is -2.11. The Morgan fingerprint density at radius 3 is 2.41 bits per heavy atom. The van der Waals surface area contributed by atoms with Crippen LogP contribution in [0.2, 0.25) is 0 Å². The quantitative estimate of drug-likeness (QED) is 0.297. The van der Waals surface area contributed by atoms with Gasteiger partial charge in [0.2, 0.25) is 5.91 Å². The lowest BCUT2D eigenvalue weighted by molar-refractivity contribution is -0.116. The number of nitrogens with one attached hydrogen (secondary N) is 1. The Morgan fingerprint density at radius 1 is 0.969 bits per heavy atom. The largest absolute Gasteiger partial charge is 0.302 e. The molecule has 0 radical (unpaired) electrons. The Bertz CT molecular complexity index is 974.